The summed E-state index contributed by atoms with van der Waals surface area (Å²) in [6, 6.07) is 30.4. The molecule has 0 saturated heterocycles. The van der Waals surface area contributed by atoms with E-state index >= 15 is 0 Å². The van der Waals surface area contributed by atoms with Gasteiger partial charge in [0.2, 0.25) is 0 Å². The van der Waals surface area contributed by atoms with Crippen molar-refractivity contribution in [2.75, 3.05) is 0 Å². The number of carbonyl (C=O) groups is 2. The van der Waals surface area contributed by atoms with Crippen LogP contribution in [-0.4, -0.2) is 11.6 Å². The molecule has 0 aromatic heterocycles. The predicted molar refractivity (Wildman–Crippen MR) is 150 cm³/mol. The summed E-state index contributed by atoms with van der Waals surface area (Å²) in [6.07, 6.45) is 0.737. The van der Waals surface area contributed by atoms with E-state index in [4.69, 9.17) is 4.74 Å². The fourth-order valence-electron chi connectivity index (χ4n) is 4.30. The van der Waals surface area contributed by atoms with Crippen molar-refractivity contribution in [3.63, 3.8) is 0 Å². The Labute approximate surface area is 220 Å². The third-order valence-electron chi connectivity index (χ3n) is 7.05. The zero-order valence-electron chi connectivity index (χ0n) is 22.2. The van der Waals surface area contributed by atoms with Crippen molar-refractivity contribution in [2.24, 2.45) is 0 Å². The van der Waals surface area contributed by atoms with Gasteiger partial charge in [-0.25, -0.2) is 0 Å². The monoisotopic (exact) mass is 490 g/mol. The molecule has 0 aliphatic rings. The van der Waals surface area contributed by atoms with Gasteiger partial charge < -0.3 is 4.74 Å². The summed E-state index contributed by atoms with van der Waals surface area (Å²) in [5.74, 6) is 1.12. The Morgan fingerprint density at radius 2 is 1.08 bits per heavy atom. The molecule has 0 amide bonds. The second-order valence-corrected chi connectivity index (χ2v) is 10.1. The molecular formula is C34H34O3. The van der Waals surface area contributed by atoms with Crippen LogP contribution in [0.25, 0.3) is 0 Å². The number of carbonyl (C=O) groups excluding carboxylic acids is 2. The molecule has 0 radical (unpaired) electrons. The van der Waals surface area contributed by atoms with Crippen molar-refractivity contribution in [1.29, 1.82) is 0 Å². The fraction of sp³-hybridized carbons (Fsp3) is 0.235. The predicted octanol–water partition coefficient (Wildman–Crippen LogP) is 8.28. The summed E-state index contributed by atoms with van der Waals surface area (Å²) in [5.41, 5.74) is 5.38. The first-order valence-corrected chi connectivity index (χ1v) is 12.9. The van der Waals surface area contributed by atoms with E-state index in [-0.39, 0.29) is 11.6 Å². The van der Waals surface area contributed by atoms with Crippen LogP contribution in [0, 0.1) is 6.92 Å². The van der Waals surface area contributed by atoms with E-state index < -0.39 is 5.60 Å². The highest BCUT2D eigenvalue weighted by molar-refractivity contribution is 6.09. The van der Waals surface area contributed by atoms with Gasteiger partial charge in [-0.2, -0.15) is 0 Å². The van der Waals surface area contributed by atoms with Gasteiger partial charge in [0.1, 0.15) is 11.4 Å². The van der Waals surface area contributed by atoms with E-state index in [1.807, 2.05) is 111 Å². The van der Waals surface area contributed by atoms with Crippen LogP contribution in [0.3, 0.4) is 0 Å². The zero-order chi connectivity index (χ0) is 26.6. The van der Waals surface area contributed by atoms with Gasteiger partial charge in [-0.15, -0.1) is 0 Å². The zero-order valence-corrected chi connectivity index (χ0v) is 22.2. The maximum atomic E-state index is 12.9. The minimum absolute atomic E-state index is 0.00442. The molecule has 37 heavy (non-hydrogen) atoms. The lowest BCUT2D eigenvalue weighted by Gasteiger charge is -2.30. The molecule has 188 valence electrons. The molecule has 3 nitrogen and oxygen atoms in total. The fourth-order valence-corrected chi connectivity index (χ4v) is 4.30. The van der Waals surface area contributed by atoms with Crippen molar-refractivity contribution in [1.82, 2.24) is 0 Å². The van der Waals surface area contributed by atoms with Crippen molar-refractivity contribution in [2.45, 2.75) is 52.6 Å². The quantitative estimate of drug-likeness (QED) is 0.222. The molecule has 0 bridgehead atoms. The molecule has 0 heterocycles. The highest BCUT2D eigenvalue weighted by Gasteiger charge is 2.27. The Kier molecular flexibility index (Phi) is 7.73. The van der Waals surface area contributed by atoms with Crippen molar-refractivity contribution >= 4 is 11.6 Å². The molecule has 4 rings (SSSR count). The largest absolute Gasteiger partial charge is 0.483 e. The van der Waals surface area contributed by atoms with Crippen molar-refractivity contribution in [3.05, 3.63) is 136 Å². The SMILES string of the molecule is CCC(C)(Oc1ccc(C(=O)c2ccc(C(C)C)cc2)cc1)c1ccc(C(=O)c2ccc(C)cc2)cc1. The molecule has 4 aromatic carbocycles. The van der Waals surface area contributed by atoms with Gasteiger partial charge in [0.15, 0.2) is 11.6 Å². The standard InChI is InChI=1S/C34H34O3/c1-6-34(5,30-19-15-28(16-20-30)32(35)26-9-7-24(4)8-10-26)37-31-21-17-29(18-22-31)33(36)27-13-11-25(12-14-27)23(2)3/h7-23H,6H2,1-5H3. The molecule has 0 fully saturated rings. The van der Waals surface area contributed by atoms with Gasteiger partial charge in [-0.05, 0) is 61.6 Å². The Balaban J connectivity index is 1.47. The molecule has 0 aliphatic carbocycles. The first kappa shape index (κ1) is 26.1. The smallest absolute Gasteiger partial charge is 0.193 e. The van der Waals surface area contributed by atoms with Gasteiger partial charge in [-0.3, -0.25) is 9.59 Å². The average Bonchev–Trinajstić information content (AvgIpc) is 2.93. The molecule has 0 saturated carbocycles. The molecule has 4 aromatic rings. The molecule has 0 aliphatic heterocycles. The van der Waals surface area contributed by atoms with E-state index in [0.29, 0.717) is 33.9 Å². The van der Waals surface area contributed by atoms with Crippen LogP contribution in [0.1, 0.15) is 88.6 Å². The Bertz CT molecular complexity index is 1360. The van der Waals surface area contributed by atoms with Crippen molar-refractivity contribution in [3.8, 4) is 5.75 Å². The van der Waals surface area contributed by atoms with Crippen LogP contribution in [0.2, 0.25) is 0 Å². The summed E-state index contributed by atoms with van der Waals surface area (Å²) in [5, 5.41) is 0. The van der Waals surface area contributed by atoms with Gasteiger partial charge in [0.25, 0.3) is 0 Å². The topological polar surface area (TPSA) is 43.4 Å². The van der Waals surface area contributed by atoms with Crippen molar-refractivity contribution < 1.29 is 14.3 Å². The number of aryl methyl sites for hydroxylation is 1. The highest BCUT2D eigenvalue weighted by Crippen LogP contribution is 2.32. The van der Waals surface area contributed by atoms with Gasteiger partial charge in [0.05, 0.1) is 0 Å². The van der Waals surface area contributed by atoms with E-state index in [1.54, 1.807) is 0 Å². The summed E-state index contributed by atoms with van der Waals surface area (Å²) in [6.45, 7) is 10.4. The summed E-state index contributed by atoms with van der Waals surface area (Å²) < 4.78 is 6.42. The van der Waals surface area contributed by atoms with Gasteiger partial charge >= 0.3 is 0 Å². The lowest BCUT2D eigenvalue weighted by molar-refractivity contribution is 0.0824. The Morgan fingerprint density at radius 1 is 0.676 bits per heavy atom. The number of hydrogen-bond donors (Lipinski definition) is 0. The first-order chi connectivity index (χ1) is 17.7. The third kappa shape index (κ3) is 5.89. The molecule has 0 spiro atoms. The van der Waals surface area contributed by atoms with Gasteiger partial charge in [0, 0.05) is 22.3 Å². The van der Waals surface area contributed by atoms with Crippen LogP contribution in [0.4, 0.5) is 0 Å². The Hall–Kier alpha value is -3.98. The maximum Gasteiger partial charge on any atom is 0.193 e. The van der Waals surface area contributed by atoms with E-state index in [2.05, 4.69) is 20.8 Å². The van der Waals surface area contributed by atoms with E-state index in [1.165, 1.54) is 5.56 Å². The number of ketones is 2. The third-order valence-corrected chi connectivity index (χ3v) is 7.05. The normalized spacial score (nSPS) is 12.7. The highest BCUT2D eigenvalue weighted by atomic mass is 16.5. The van der Waals surface area contributed by atoms with E-state index in [0.717, 1.165) is 17.5 Å². The summed E-state index contributed by atoms with van der Waals surface area (Å²) in [4.78, 5) is 25.8. The number of rotatable bonds is 9. The van der Waals surface area contributed by atoms with E-state index in [9.17, 15) is 9.59 Å². The number of hydrogen-bond acceptors (Lipinski definition) is 3. The number of benzene rings is 4. The summed E-state index contributed by atoms with van der Waals surface area (Å²) in [7, 11) is 0. The average molecular weight is 491 g/mol. The molecule has 3 heteroatoms. The van der Waals surface area contributed by atoms with Gasteiger partial charge in [-0.1, -0.05) is 99.1 Å². The first-order valence-electron chi connectivity index (χ1n) is 12.9. The Morgan fingerprint density at radius 3 is 1.51 bits per heavy atom. The molecule has 1 atom stereocenters. The second kappa shape index (κ2) is 11.0. The van der Waals surface area contributed by atoms with Crippen LogP contribution >= 0.6 is 0 Å². The minimum atomic E-state index is -0.580. The van der Waals surface area contributed by atoms with Crippen LogP contribution in [-0.2, 0) is 5.60 Å². The van der Waals surface area contributed by atoms with Crippen LogP contribution in [0.15, 0.2) is 97.1 Å². The molecule has 1 unspecified atom stereocenters. The number of ether oxygens (including phenoxy) is 1. The summed E-state index contributed by atoms with van der Waals surface area (Å²) >= 11 is 0. The lowest BCUT2D eigenvalue weighted by Crippen LogP contribution is -2.28. The molecular weight excluding hydrogens is 456 g/mol. The molecule has 0 N–H and O–H groups in total. The maximum absolute atomic E-state index is 12.9. The minimum Gasteiger partial charge on any atom is -0.483 e. The lowest BCUT2D eigenvalue weighted by atomic mass is 9.91. The van der Waals surface area contributed by atoms with Crippen LogP contribution in [0.5, 0.6) is 5.75 Å². The second-order valence-electron chi connectivity index (χ2n) is 10.1. The van der Waals surface area contributed by atoms with Crippen LogP contribution < -0.4 is 4.74 Å².